The molecule has 1 aromatic carbocycles. The summed E-state index contributed by atoms with van der Waals surface area (Å²) >= 11 is 5.39. The molecule has 0 saturated heterocycles. The number of benzene rings is 1. The largest absolute Gasteiger partial charge is 0.496 e. The minimum Gasteiger partial charge on any atom is -0.496 e. The number of rotatable bonds is 5. The van der Waals surface area contributed by atoms with Crippen LogP contribution in [0.25, 0.3) is 0 Å². The van der Waals surface area contributed by atoms with Gasteiger partial charge in [0.2, 0.25) is 0 Å². The molecule has 0 aromatic heterocycles. The van der Waals surface area contributed by atoms with Crippen molar-refractivity contribution in [1.29, 1.82) is 0 Å². The van der Waals surface area contributed by atoms with E-state index < -0.39 is 22.3 Å². The number of alkyl halides is 1. The molecule has 0 spiro atoms. The van der Waals surface area contributed by atoms with Crippen molar-refractivity contribution >= 4 is 29.4 Å². The molecule has 7 heteroatoms. The first-order valence-electron chi connectivity index (χ1n) is 4.46. The van der Waals surface area contributed by atoms with Gasteiger partial charge < -0.3 is 4.74 Å². The fourth-order valence-corrected chi connectivity index (χ4v) is 1.53. The number of carbonyl (C=O) groups is 2. The van der Waals surface area contributed by atoms with E-state index in [1.54, 1.807) is 0 Å². The van der Waals surface area contributed by atoms with Crippen molar-refractivity contribution in [3.05, 3.63) is 33.4 Å². The highest BCUT2D eigenvalue weighted by molar-refractivity contribution is 6.31. The summed E-state index contributed by atoms with van der Waals surface area (Å²) in [7, 11) is 1.29. The number of aldehydes is 1. The third kappa shape index (κ3) is 2.42. The number of hydrogen-bond acceptors (Lipinski definition) is 5. The molecule has 6 nitrogen and oxygen atoms in total. The van der Waals surface area contributed by atoms with Crippen LogP contribution in [-0.2, 0) is 0 Å². The summed E-state index contributed by atoms with van der Waals surface area (Å²) in [5, 5.41) is 10.7. The average Bonchev–Trinajstić information content (AvgIpc) is 2.35. The molecule has 0 unspecified atom stereocenters. The zero-order valence-corrected chi connectivity index (χ0v) is 9.56. The van der Waals surface area contributed by atoms with Gasteiger partial charge in [0.25, 0.3) is 5.69 Å². The molecule has 0 fully saturated rings. The van der Waals surface area contributed by atoms with Crippen LogP contribution in [0.15, 0.2) is 12.1 Å². The summed E-state index contributed by atoms with van der Waals surface area (Å²) in [6, 6.07) is 2.36. The van der Waals surface area contributed by atoms with E-state index in [4.69, 9.17) is 16.3 Å². The van der Waals surface area contributed by atoms with Crippen LogP contribution in [0.3, 0.4) is 0 Å². The lowest BCUT2D eigenvalue weighted by Crippen LogP contribution is -2.09. The van der Waals surface area contributed by atoms with Crippen LogP contribution in [0, 0.1) is 10.1 Å². The molecule has 0 aliphatic rings. The highest BCUT2D eigenvalue weighted by Gasteiger charge is 2.24. The lowest BCUT2D eigenvalue weighted by atomic mass is 10.0. The predicted octanol–water partition coefficient (Wildman–Crippen LogP) is 1.84. The molecule has 0 radical (unpaired) electrons. The highest BCUT2D eigenvalue weighted by Crippen LogP contribution is 2.29. The second-order valence-corrected chi connectivity index (χ2v) is 3.27. The Hall–Kier alpha value is -1.95. The van der Waals surface area contributed by atoms with Gasteiger partial charge in [-0.1, -0.05) is 0 Å². The van der Waals surface area contributed by atoms with Gasteiger partial charge in [0, 0.05) is 6.07 Å². The van der Waals surface area contributed by atoms with Crippen LogP contribution in [0.2, 0.25) is 0 Å². The maximum atomic E-state index is 11.6. The molecule has 0 saturated carbocycles. The fraction of sp³-hybridized carbons (Fsp3) is 0.200. The van der Waals surface area contributed by atoms with Crippen LogP contribution in [0.1, 0.15) is 20.7 Å². The average molecular weight is 258 g/mol. The van der Waals surface area contributed by atoms with Gasteiger partial charge in [-0.15, -0.1) is 11.6 Å². The van der Waals surface area contributed by atoms with Gasteiger partial charge in [-0.25, -0.2) is 0 Å². The van der Waals surface area contributed by atoms with Crippen molar-refractivity contribution in [2.24, 2.45) is 0 Å². The fourth-order valence-electron chi connectivity index (χ4n) is 1.39. The normalized spacial score (nSPS) is 9.76. The molecular weight excluding hydrogens is 250 g/mol. The molecule has 1 rings (SSSR count). The van der Waals surface area contributed by atoms with E-state index in [9.17, 15) is 19.7 Å². The lowest BCUT2D eigenvalue weighted by Gasteiger charge is -2.08. The minimum atomic E-state index is -0.742. The molecule has 17 heavy (non-hydrogen) atoms. The quantitative estimate of drug-likeness (QED) is 0.264. The first kappa shape index (κ1) is 13.1. The number of nitrogens with zero attached hydrogens (tertiary/aromatic N) is 1. The topological polar surface area (TPSA) is 86.5 Å². The molecule has 0 atom stereocenters. The number of ether oxygens (including phenoxy) is 1. The Morgan fingerprint density at radius 2 is 2.24 bits per heavy atom. The molecule has 0 heterocycles. The van der Waals surface area contributed by atoms with Crippen LogP contribution in [0.5, 0.6) is 5.75 Å². The molecule has 0 N–H and O–H groups in total. The molecule has 90 valence electrons. The predicted molar refractivity (Wildman–Crippen MR) is 60.1 cm³/mol. The van der Waals surface area contributed by atoms with Gasteiger partial charge in [0.05, 0.1) is 23.5 Å². The third-order valence-corrected chi connectivity index (χ3v) is 2.36. The number of nitro groups is 1. The molecule has 0 aliphatic heterocycles. The van der Waals surface area contributed by atoms with Crippen molar-refractivity contribution in [1.82, 2.24) is 0 Å². The number of ketones is 1. The van der Waals surface area contributed by atoms with Gasteiger partial charge in [-0.05, 0) is 6.07 Å². The maximum absolute atomic E-state index is 11.6. The number of nitro benzene ring substituents is 1. The monoisotopic (exact) mass is 257 g/mol. The van der Waals surface area contributed by atoms with E-state index in [-0.39, 0.29) is 23.2 Å². The Morgan fingerprint density at radius 3 is 2.65 bits per heavy atom. The van der Waals surface area contributed by atoms with Gasteiger partial charge >= 0.3 is 0 Å². The number of methoxy groups -OCH3 is 1. The van der Waals surface area contributed by atoms with Crippen LogP contribution < -0.4 is 4.74 Å². The van der Waals surface area contributed by atoms with Gasteiger partial charge in [0.1, 0.15) is 11.3 Å². The Labute approximate surface area is 101 Å². The SMILES string of the molecule is COc1ccc([N+](=O)[O-])c(C=O)c1C(=O)CCl. The van der Waals surface area contributed by atoms with E-state index in [0.717, 1.165) is 6.07 Å². The van der Waals surface area contributed by atoms with Crippen molar-refractivity contribution in [3.63, 3.8) is 0 Å². The molecule has 0 bridgehead atoms. The maximum Gasteiger partial charge on any atom is 0.280 e. The number of Topliss-reactive ketones (excluding diaryl/α,β-unsaturated/α-hetero) is 1. The zero-order chi connectivity index (χ0) is 13.0. The standard InChI is InChI=1S/C10H8ClNO5/c1-17-9-3-2-7(12(15)16)6(5-13)10(9)8(14)4-11/h2-3,5H,4H2,1H3. The Morgan fingerprint density at radius 1 is 1.59 bits per heavy atom. The van der Waals surface area contributed by atoms with E-state index in [2.05, 4.69) is 0 Å². The molecule has 0 amide bonds. The Bertz CT molecular complexity index is 486. The molecular formula is C10H8ClNO5. The minimum absolute atomic E-state index is 0.0864. The summed E-state index contributed by atoms with van der Waals surface area (Å²) in [5.41, 5.74) is -0.930. The first-order valence-corrected chi connectivity index (χ1v) is 5.00. The first-order chi connectivity index (χ1) is 8.06. The lowest BCUT2D eigenvalue weighted by molar-refractivity contribution is -0.385. The summed E-state index contributed by atoms with van der Waals surface area (Å²) in [4.78, 5) is 32.4. The second-order valence-electron chi connectivity index (χ2n) is 3.01. The summed E-state index contributed by atoms with van der Waals surface area (Å²) in [6.07, 6.45) is 0.250. The van der Waals surface area contributed by atoms with Crippen molar-refractivity contribution in [2.45, 2.75) is 0 Å². The summed E-state index contributed by atoms with van der Waals surface area (Å²) < 4.78 is 4.88. The van der Waals surface area contributed by atoms with E-state index in [0.29, 0.717) is 0 Å². The third-order valence-electron chi connectivity index (χ3n) is 2.12. The van der Waals surface area contributed by atoms with Crippen molar-refractivity contribution in [2.75, 3.05) is 13.0 Å². The van der Waals surface area contributed by atoms with Gasteiger partial charge in [-0.2, -0.15) is 0 Å². The number of halogens is 1. The van der Waals surface area contributed by atoms with E-state index in [1.807, 2.05) is 0 Å². The van der Waals surface area contributed by atoms with Crippen molar-refractivity contribution in [3.8, 4) is 5.75 Å². The molecule has 0 aliphatic carbocycles. The van der Waals surface area contributed by atoms with Crippen LogP contribution in [0.4, 0.5) is 5.69 Å². The Kier molecular flexibility index (Phi) is 4.17. The zero-order valence-electron chi connectivity index (χ0n) is 8.81. The summed E-state index contributed by atoms with van der Waals surface area (Å²) in [5.74, 6) is -0.907. The second kappa shape index (κ2) is 5.40. The molecule has 1 aromatic rings. The van der Waals surface area contributed by atoms with E-state index in [1.165, 1.54) is 13.2 Å². The van der Waals surface area contributed by atoms with Crippen LogP contribution >= 0.6 is 11.6 Å². The van der Waals surface area contributed by atoms with E-state index >= 15 is 0 Å². The highest BCUT2D eigenvalue weighted by atomic mass is 35.5. The van der Waals surface area contributed by atoms with Gasteiger partial charge in [0.15, 0.2) is 12.1 Å². The number of carbonyl (C=O) groups excluding carboxylic acids is 2. The summed E-state index contributed by atoms with van der Waals surface area (Å²) in [6.45, 7) is 0. The van der Waals surface area contributed by atoms with Crippen molar-refractivity contribution < 1.29 is 19.2 Å². The number of hydrogen-bond donors (Lipinski definition) is 0. The van der Waals surface area contributed by atoms with Crippen LogP contribution in [-0.4, -0.2) is 30.0 Å². The Balaban J connectivity index is 3.60. The smallest absolute Gasteiger partial charge is 0.280 e. The van der Waals surface area contributed by atoms with Gasteiger partial charge in [-0.3, -0.25) is 19.7 Å².